The van der Waals surface area contributed by atoms with E-state index in [1.807, 2.05) is 37.3 Å². The Morgan fingerprint density at radius 3 is 2.38 bits per heavy atom. The molecule has 0 aromatic heterocycles. The van der Waals surface area contributed by atoms with Crippen LogP contribution < -0.4 is 4.72 Å². The summed E-state index contributed by atoms with van der Waals surface area (Å²) in [6.07, 6.45) is 0.626. The first-order valence-electron chi connectivity index (χ1n) is 6.46. The fraction of sp³-hybridized carbons (Fsp3) is 0.200. The average molecular weight is 344 g/mol. The summed E-state index contributed by atoms with van der Waals surface area (Å²) < 4.78 is 27.7. The average Bonchev–Trinajstić information content (AvgIpc) is 2.48. The summed E-state index contributed by atoms with van der Waals surface area (Å²) in [6, 6.07) is 13.5. The summed E-state index contributed by atoms with van der Waals surface area (Å²) in [7, 11) is -3.74. The molecule has 21 heavy (non-hydrogen) atoms. The Morgan fingerprint density at radius 1 is 1.10 bits per heavy atom. The Hall–Kier alpha value is -1.07. The van der Waals surface area contributed by atoms with Crippen molar-refractivity contribution in [2.75, 3.05) is 0 Å². The molecule has 0 saturated heterocycles. The van der Waals surface area contributed by atoms with Gasteiger partial charge in [0.15, 0.2) is 0 Å². The van der Waals surface area contributed by atoms with E-state index in [-0.39, 0.29) is 16.0 Å². The molecular formula is C15H15Cl2NO2S. The minimum absolute atomic E-state index is 0.00829. The topological polar surface area (TPSA) is 46.2 Å². The van der Waals surface area contributed by atoms with Crippen LogP contribution in [0.4, 0.5) is 0 Å². The van der Waals surface area contributed by atoms with Gasteiger partial charge in [-0.2, -0.15) is 0 Å². The first kappa shape index (κ1) is 16.3. The molecule has 0 radical (unpaired) electrons. The highest BCUT2D eigenvalue weighted by Crippen LogP contribution is 2.27. The maximum Gasteiger partial charge on any atom is 0.242 e. The van der Waals surface area contributed by atoms with Gasteiger partial charge in [0.05, 0.1) is 5.02 Å². The lowest BCUT2D eigenvalue weighted by Crippen LogP contribution is -2.28. The summed E-state index contributed by atoms with van der Waals surface area (Å²) in [5, 5.41) is 0.474. The molecule has 2 rings (SSSR count). The summed E-state index contributed by atoms with van der Waals surface area (Å²) in [6.45, 7) is 1.92. The molecule has 0 saturated carbocycles. The predicted molar refractivity (Wildman–Crippen MR) is 86.3 cm³/mol. The molecule has 3 nitrogen and oxygen atoms in total. The van der Waals surface area contributed by atoms with Crippen LogP contribution in [0.1, 0.15) is 24.9 Å². The molecule has 0 aliphatic carbocycles. The Bertz CT molecular complexity index is 718. The van der Waals surface area contributed by atoms with Crippen molar-refractivity contribution in [1.82, 2.24) is 4.72 Å². The molecule has 0 unspecified atom stereocenters. The van der Waals surface area contributed by atoms with Gasteiger partial charge < -0.3 is 0 Å². The Morgan fingerprint density at radius 2 is 1.76 bits per heavy atom. The zero-order valence-corrected chi connectivity index (χ0v) is 13.7. The van der Waals surface area contributed by atoms with Gasteiger partial charge in [-0.25, -0.2) is 13.1 Å². The van der Waals surface area contributed by atoms with E-state index in [4.69, 9.17) is 23.2 Å². The fourth-order valence-corrected chi connectivity index (χ4v) is 4.08. The summed E-state index contributed by atoms with van der Waals surface area (Å²) in [4.78, 5) is -0.00829. The molecule has 0 fully saturated rings. The molecule has 0 heterocycles. The maximum atomic E-state index is 12.5. The van der Waals surface area contributed by atoms with Gasteiger partial charge in [-0.15, -0.1) is 0 Å². The highest BCUT2D eigenvalue weighted by molar-refractivity contribution is 7.89. The molecule has 0 aliphatic rings. The van der Waals surface area contributed by atoms with Crippen LogP contribution in [0.2, 0.25) is 10.0 Å². The van der Waals surface area contributed by atoms with E-state index in [1.165, 1.54) is 12.1 Å². The van der Waals surface area contributed by atoms with Crippen molar-refractivity contribution in [3.8, 4) is 0 Å². The Kier molecular flexibility index (Phi) is 5.27. The van der Waals surface area contributed by atoms with Gasteiger partial charge in [0.25, 0.3) is 0 Å². The van der Waals surface area contributed by atoms with Crippen molar-refractivity contribution in [2.24, 2.45) is 0 Å². The molecule has 0 bridgehead atoms. The molecule has 6 heteroatoms. The van der Waals surface area contributed by atoms with E-state index in [0.29, 0.717) is 11.4 Å². The number of hydrogen-bond donors (Lipinski definition) is 1. The SMILES string of the molecule is CC[C@@H](NS(=O)(=O)c1cc(Cl)ccc1Cl)c1ccccc1. The van der Waals surface area contributed by atoms with Crippen LogP contribution in [0.25, 0.3) is 0 Å². The molecule has 1 atom stereocenters. The van der Waals surface area contributed by atoms with E-state index >= 15 is 0 Å². The first-order chi connectivity index (χ1) is 9.94. The monoisotopic (exact) mass is 343 g/mol. The standard InChI is InChI=1S/C15H15Cl2NO2S/c1-2-14(11-6-4-3-5-7-11)18-21(19,20)15-10-12(16)8-9-13(15)17/h3-10,14,18H,2H2,1H3/t14-/m1/s1. The Balaban J connectivity index is 2.34. The van der Waals surface area contributed by atoms with E-state index in [2.05, 4.69) is 4.72 Å². The van der Waals surface area contributed by atoms with Gasteiger partial charge in [0, 0.05) is 11.1 Å². The van der Waals surface area contributed by atoms with Gasteiger partial charge >= 0.3 is 0 Å². The molecule has 2 aromatic carbocycles. The van der Waals surface area contributed by atoms with Crippen LogP contribution in [0.5, 0.6) is 0 Å². The smallest absolute Gasteiger partial charge is 0.207 e. The van der Waals surface area contributed by atoms with Gasteiger partial charge in [-0.3, -0.25) is 0 Å². The third kappa shape index (κ3) is 3.98. The summed E-state index contributed by atoms with van der Waals surface area (Å²) >= 11 is 11.8. The summed E-state index contributed by atoms with van der Waals surface area (Å²) in [5.41, 5.74) is 0.904. The maximum absolute atomic E-state index is 12.5. The lowest BCUT2D eigenvalue weighted by molar-refractivity contribution is 0.550. The van der Waals surface area contributed by atoms with Gasteiger partial charge in [0.1, 0.15) is 4.90 Å². The second-order valence-electron chi connectivity index (χ2n) is 4.57. The zero-order valence-electron chi connectivity index (χ0n) is 11.4. The van der Waals surface area contributed by atoms with Gasteiger partial charge in [0.2, 0.25) is 10.0 Å². The lowest BCUT2D eigenvalue weighted by atomic mass is 10.1. The van der Waals surface area contributed by atoms with Crippen LogP contribution >= 0.6 is 23.2 Å². The van der Waals surface area contributed by atoms with Crippen LogP contribution in [0, 0.1) is 0 Å². The quantitative estimate of drug-likeness (QED) is 0.873. The highest BCUT2D eigenvalue weighted by Gasteiger charge is 2.22. The number of hydrogen-bond acceptors (Lipinski definition) is 2. The second kappa shape index (κ2) is 6.79. The largest absolute Gasteiger partial charge is 0.242 e. The number of nitrogens with one attached hydrogen (secondary N) is 1. The normalized spacial score (nSPS) is 13.1. The zero-order chi connectivity index (χ0) is 15.5. The second-order valence-corrected chi connectivity index (χ2v) is 7.09. The van der Waals surface area contributed by atoms with Crippen molar-refractivity contribution in [2.45, 2.75) is 24.3 Å². The number of sulfonamides is 1. The first-order valence-corrected chi connectivity index (χ1v) is 8.70. The summed E-state index contributed by atoms with van der Waals surface area (Å²) in [5.74, 6) is 0. The molecule has 0 spiro atoms. The van der Waals surface area contributed by atoms with Crippen molar-refractivity contribution in [3.63, 3.8) is 0 Å². The number of rotatable bonds is 5. The number of halogens is 2. The molecule has 0 aliphatic heterocycles. The lowest BCUT2D eigenvalue weighted by Gasteiger charge is -2.18. The molecule has 0 amide bonds. The fourth-order valence-electron chi connectivity index (χ4n) is 2.01. The third-order valence-corrected chi connectivity index (χ3v) is 5.28. The van der Waals surface area contributed by atoms with Crippen LogP contribution in [-0.4, -0.2) is 8.42 Å². The predicted octanol–water partition coefficient (Wildman–Crippen LogP) is 4.42. The molecule has 1 N–H and O–H groups in total. The van der Waals surface area contributed by atoms with Gasteiger partial charge in [-0.05, 0) is 30.2 Å². The Labute approximate surface area is 135 Å². The van der Waals surface area contributed by atoms with Crippen molar-refractivity contribution < 1.29 is 8.42 Å². The van der Waals surface area contributed by atoms with Gasteiger partial charge in [-0.1, -0.05) is 60.5 Å². The van der Waals surface area contributed by atoms with Crippen LogP contribution in [0.15, 0.2) is 53.4 Å². The van der Waals surface area contributed by atoms with E-state index in [9.17, 15) is 8.42 Å². The third-order valence-electron chi connectivity index (χ3n) is 3.09. The van der Waals surface area contributed by atoms with E-state index in [0.717, 1.165) is 5.56 Å². The van der Waals surface area contributed by atoms with Crippen molar-refractivity contribution >= 4 is 33.2 Å². The minimum Gasteiger partial charge on any atom is -0.207 e. The van der Waals surface area contributed by atoms with Crippen LogP contribution in [0.3, 0.4) is 0 Å². The molecular weight excluding hydrogens is 329 g/mol. The van der Waals surface area contributed by atoms with E-state index < -0.39 is 10.0 Å². The van der Waals surface area contributed by atoms with Crippen molar-refractivity contribution in [3.05, 3.63) is 64.1 Å². The number of benzene rings is 2. The highest BCUT2D eigenvalue weighted by atomic mass is 35.5. The van der Waals surface area contributed by atoms with E-state index in [1.54, 1.807) is 6.07 Å². The minimum atomic E-state index is -3.74. The van der Waals surface area contributed by atoms with Crippen molar-refractivity contribution in [1.29, 1.82) is 0 Å². The molecule has 112 valence electrons. The van der Waals surface area contributed by atoms with Crippen LogP contribution in [-0.2, 0) is 10.0 Å². The molecule has 2 aromatic rings.